The van der Waals surface area contributed by atoms with Gasteiger partial charge in [-0.05, 0) is 6.42 Å². The van der Waals surface area contributed by atoms with Crippen LogP contribution in [0.1, 0.15) is 26.2 Å². The van der Waals surface area contributed by atoms with Gasteiger partial charge in [0.2, 0.25) is 0 Å². The second-order valence-electron chi connectivity index (χ2n) is 3.39. The molecule has 0 amide bonds. The minimum atomic E-state index is -1.05. The highest BCUT2D eigenvalue weighted by atomic mass is 16.3. The van der Waals surface area contributed by atoms with Crippen molar-refractivity contribution in [2.45, 2.75) is 37.8 Å². The summed E-state index contributed by atoms with van der Waals surface area (Å²) in [7, 11) is 0. The van der Waals surface area contributed by atoms with Crippen LogP contribution in [0, 0.1) is 4.91 Å². The van der Waals surface area contributed by atoms with Gasteiger partial charge in [-0.15, -0.1) is 0 Å². The van der Waals surface area contributed by atoms with Crippen molar-refractivity contribution in [3.8, 4) is 0 Å². The Hall–Kier alpha value is -0.960. The van der Waals surface area contributed by atoms with E-state index in [0.717, 1.165) is 6.42 Å². The number of rotatable bonds is 4. The first-order valence-corrected chi connectivity index (χ1v) is 4.62. The van der Waals surface area contributed by atoms with E-state index in [-0.39, 0.29) is 0 Å². The first kappa shape index (κ1) is 10.1. The summed E-state index contributed by atoms with van der Waals surface area (Å²) in [5.74, 6) is 0. The fraction of sp³-hybridized carbons (Fsp3) is 0.600. The average Bonchev–Trinajstić information content (AvgIpc) is 2.15. The van der Waals surface area contributed by atoms with Gasteiger partial charge in [-0.1, -0.05) is 42.8 Å². The first-order chi connectivity index (χ1) is 6.23. The van der Waals surface area contributed by atoms with Crippen molar-refractivity contribution in [1.82, 2.24) is 0 Å². The zero-order valence-electron chi connectivity index (χ0n) is 7.81. The van der Waals surface area contributed by atoms with Crippen molar-refractivity contribution < 1.29 is 5.11 Å². The van der Waals surface area contributed by atoms with Crippen LogP contribution >= 0.6 is 0 Å². The van der Waals surface area contributed by atoms with Crippen LogP contribution in [-0.4, -0.2) is 16.7 Å². The van der Waals surface area contributed by atoms with Crippen molar-refractivity contribution in [2.75, 3.05) is 0 Å². The maximum Gasteiger partial charge on any atom is 0.124 e. The Morgan fingerprint density at radius 2 is 2.38 bits per heavy atom. The molecule has 0 bridgehead atoms. The molecular formula is C10H15NO2. The predicted molar refractivity (Wildman–Crippen MR) is 52.3 cm³/mol. The Balaban J connectivity index is 2.71. The molecule has 72 valence electrons. The number of nitrogens with zero attached hydrogens (tertiary/aromatic N) is 1. The van der Waals surface area contributed by atoms with Crippen LogP contribution in [0.3, 0.4) is 0 Å². The van der Waals surface area contributed by atoms with Crippen molar-refractivity contribution in [1.29, 1.82) is 0 Å². The van der Waals surface area contributed by atoms with Crippen LogP contribution in [0.2, 0.25) is 0 Å². The molecule has 0 aromatic rings. The van der Waals surface area contributed by atoms with Crippen molar-refractivity contribution in [3.63, 3.8) is 0 Å². The Bertz CT molecular complexity index is 235. The zero-order chi connectivity index (χ0) is 9.73. The lowest BCUT2D eigenvalue weighted by Gasteiger charge is -2.29. The van der Waals surface area contributed by atoms with Gasteiger partial charge in [0.1, 0.15) is 11.6 Å². The predicted octanol–water partition coefficient (Wildman–Crippen LogP) is 2.17. The number of nitroso groups, excluding NO2 is 1. The second-order valence-corrected chi connectivity index (χ2v) is 3.39. The van der Waals surface area contributed by atoms with Crippen molar-refractivity contribution in [3.05, 3.63) is 29.2 Å². The quantitative estimate of drug-likeness (QED) is 0.676. The molecule has 1 aliphatic carbocycles. The number of allylic oxidation sites excluding steroid dienone is 2. The van der Waals surface area contributed by atoms with Crippen LogP contribution in [0.15, 0.2) is 29.5 Å². The molecule has 0 heterocycles. The highest BCUT2D eigenvalue weighted by Gasteiger charge is 2.34. The number of aliphatic hydroxyl groups is 1. The van der Waals surface area contributed by atoms with E-state index < -0.39 is 11.6 Å². The summed E-state index contributed by atoms with van der Waals surface area (Å²) in [6.07, 6.45) is 9.12. The minimum Gasteiger partial charge on any atom is -0.383 e. The summed E-state index contributed by atoms with van der Waals surface area (Å²) in [5, 5.41) is 13.0. The van der Waals surface area contributed by atoms with Gasteiger partial charge in [0.25, 0.3) is 0 Å². The van der Waals surface area contributed by atoms with E-state index in [1.807, 2.05) is 19.1 Å². The summed E-state index contributed by atoms with van der Waals surface area (Å²) in [4.78, 5) is 10.5. The first-order valence-electron chi connectivity index (χ1n) is 4.62. The molecule has 0 radical (unpaired) electrons. The van der Waals surface area contributed by atoms with Crippen molar-refractivity contribution >= 4 is 0 Å². The molecule has 1 N–H and O–H groups in total. The van der Waals surface area contributed by atoms with Crippen LogP contribution in [0.25, 0.3) is 0 Å². The molecular weight excluding hydrogens is 166 g/mol. The summed E-state index contributed by atoms with van der Waals surface area (Å²) >= 11 is 0. The lowest BCUT2D eigenvalue weighted by Crippen LogP contribution is -2.39. The third kappa shape index (κ3) is 2.25. The number of hydrogen-bond donors (Lipinski definition) is 1. The molecule has 0 saturated carbocycles. The summed E-state index contributed by atoms with van der Waals surface area (Å²) < 4.78 is 0. The molecule has 3 heteroatoms. The maximum atomic E-state index is 10.5. The van der Waals surface area contributed by atoms with Gasteiger partial charge in [0.05, 0.1) is 0 Å². The molecule has 0 aliphatic heterocycles. The largest absolute Gasteiger partial charge is 0.383 e. The van der Waals surface area contributed by atoms with Crippen molar-refractivity contribution in [2.24, 2.45) is 5.18 Å². The minimum absolute atomic E-state index is 0.486. The third-order valence-electron chi connectivity index (χ3n) is 2.34. The van der Waals surface area contributed by atoms with Gasteiger partial charge < -0.3 is 5.11 Å². The van der Waals surface area contributed by atoms with Crippen LogP contribution in [0.4, 0.5) is 0 Å². The topological polar surface area (TPSA) is 49.7 Å². The average molecular weight is 181 g/mol. The van der Waals surface area contributed by atoms with E-state index in [0.29, 0.717) is 12.8 Å². The Morgan fingerprint density at radius 3 is 2.85 bits per heavy atom. The van der Waals surface area contributed by atoms with E-state index in [9.17, 15) is 10.0 Å². The maximum absolute atomic E-state index is 10.5. The van der Waals surface area contributed by atoms with E-state index in [1.165, 1.54) is 0 Å². The highest BCUT2D eigenvalue weighted by molar-refractivity contribution is 5.20. The SMILES string of the molecule is CCC[C@H](N=O)[C@@]1(O)C=CC=CC1. The fourth-order valence-electron chi connectivity index (χ4n) is 1.54. The summed E-state index contributed by atoms with van der Waals surface area (Å²) in [5.41, 5.74) is -1.05. The van der Waals surface area contributed by atoms with Crippen LogP contribution in [0.5, 0.6) is 0 Å². The normalized spacial score (nSPS) is 28.8. The van der Waals surface area contributed by atoms with Crippen LogP contribution < -0.4 is 0 Å². The zero-order valence-corrected chi connectivity index (χ0v) is 7.81. The van der Waals surface area contributed by atoms with E-state index in [4.69, 9.17) is 0 Å². The molecule has 1 aliphatic rings. The lowest BCUT2D eigenvalue weighted by atomic mass is 9.86. The molecule has 0 fully saturated rings. The van der Waals surface area contributed by atoms with Gasteiger partial charge in [-0.2, -0.15) is 4.91 Å². The summed E-state index contributed by atoms with van der Waals surface area (Å²) in [6.45, 7) is 1.98. The van der Waals surface area contributed by atoms with Crippen LogP contribution in [-0.2, 0) is 0 Å². The Labute approximate surface area is 78.1 Å². The van der Waals surface area contributed by atoms with Gasteiger partial charge in [0, 0.05) is 6.42 Å². The monoisotopic (exact) mass is 181 g/mol. The van der Waals surface area contributed by atoms with E-state index >= 15 is 0 Å². The van der Waals surface area contributed by atoms with Gasteiger partial charge >= 0.3 is 0 Å². The molecule has 0 unspecified atom stereocenters. The molecule has 1 rings (SSSR count). The smallest absolute Gasteiger partial charge is 0.124 e. The standard InChI is InChI=1S/C10H15NO2/c1-2-6-9(11-13)10(12)7-4-3-5-8-10/h3-5,7,9,12H,2,6,8H2,1H3/t9-,10+/m0/s1. The lowest BCUT2D eigenvalue weighted by molar-refractivity contribution is 0.0614. The Kier molecular flexibility index (Phi) is 3.37. The van der Waals surface area contributed by atoms with Gasteiger partial charge in [-0.25, -0.2) is 0 Å². The van der Waals surface area contributed by atoms with E-state index in [1.54, 1.807) is 12.2 Å². The molecule has 0 aromatic carbocycles. The second kappa shape index (κ2) is 4.33. The molecule has 0 spiro atoms. The molecule has 0 saturated heterocycles. The highest BCUT2D eigenvalue weighted by Crippen LogP contribution is 2.26. The molecule has 13 heavy (non-hydrogen) atoms. The molecule has 3 nitrogen and oxygen atoms in total. The third-order valence-corrected chi connectivity index (χ3v) is 2.34. The molecule has 0 aromatic heterocycles. The van der Waals surface area contributed by atoms with E-state index in [2.05, 4.69) is 5.18 Å². The Morgan fingerprint density at radius 1 is 1.62 bits per heavy atom. The van der Waals surface area contributed by atoms with Gasteiger partial charge in [-0.3, -0.25) is 0 Å². The summed E-state index contributed by atoms with van der Waals surface area (Å²) in [6, 6.07) is -0.515. The van der Waals surface area contributed by atoms with Gasteiger partial charge in [0.15, 0.2) is 0 Å². The molecule has 2 atom stereocenters. The fourth-order valence-corrected chi connectivity index (χ4v) is 1.54. The number of hydrogen-bond acceptors (Lipinski definition) is 3.